The van der Waals surface area contributed by atoms with Crippen molar-refractivity contribution in [3.8, 4) is 0 Å². The summed E-state index contributed by atoms with van der Waals surface area (Å²) in [5.41, 5.74) is 0. The fraction of sp³-hybridized carbons (Fsp3) is 0.692. The molecule has 22 heavy (non-hydrogen) atoms. The third-order valence-electron chi connectivity index (χ3n) is 2.32. The number of urea groups is 1. The van der Waals surface area contributed by atoms with Gasteiger partial charge in [0.2, 0.25) is 11.0 Å². The lowest BCUT2D eigenvalue weighted by molar-refractivity contribution is -0.117. The fourth-order valence-electron chi connectivity index (χ4n) is 1.26. The molecule has 1 aromatic rings. The highest BCUT2D eigenvalue weighted by atomic mass is 32.2. The van der Waals surface area contributed by atoms with Crippen molar-refractivity contribution in [2.45, 2.75) is 32.0 Å². The van der Waals surface area contributed by atoms with E-state index in [1.54, 1.807) is 0 Å². The van der Waals surface area contributed by atoms with Crippen LogP contribution in [0.1, 0.15) is 27.7 Å². The van der Waals surface area contributed by atoms with E-state index in [-0.39, 0.29) is 11.7 Å². The second-order valence-corrected chi connectivity index (χ2v) is 7.79. The van der Waals surface area contributed by atoms with Crippen molar-refractivity contribution in [3.05, 3.63) is 0 Å². The van der Waals surface area contributed by atoms with E-state index in [0.717, 1.165) is 11.7 Å². The van der Waals surface area contributed by atoms with E-state index in [0.29, 0.717) is 22.7 Å². The van der Waals surface area contributed by atoms with Gasteiger partial charge in [0.15, 0.2) is 4.34 Å². The molecule has 0 aliphatic heterocycles. The molecule has 1 rings (SSSR count). The molecule has 7 nitrogen and oxygen atoms in total. The Morgan fingerprint density at radius 2 is 1.82 bits per heavy atom. The van der Waals surface area contributed by atoms with E-state index < -0.39 is 6.03 Å². The van der Waals surface area contributed by atoms with Crippen LogP contribution in [-0.4, -0.2) is 41.0 Å². The van der Waals surface area contributed by atoms with E-state index in [4.69, 9.17) is 0 Å². The smallest absolute Gasteiger partial charge is 0.321 e. The number of nitrogens with one attached hydrogen (secondary N) is 3. The Hall–Kier alpha value is -1.35. The van der Waals surface area contributed by atoms with Crippen LogP contribution in [0.2, 0.25) is 0 Å². The normalized spacial score (nSPS) is 10.8. The molecule has 0 unspecified atom stereocenters. The molecule has 9 heteroatoms. The van der Waals surface area contributed by atoms with Crippen molar-refractivity contribution >= 4 is 40.2 Å². The van der Waals surface area contributed by atoms with E-state index in [1.807, 2.05) is 13.8 Å². The van der Waals surface area contributed by atoms with Gasteiger partial charge < -0.3 is 10.6 Å². The average molecular weight is 345 g/mol. The summed E-state index contributed by atoms with van der Waals surface area (Å²) >= 11 is 2.66. The highest BCUT2D eigenvalue weighted by Crippen LogP contribution is 2.25. The van der Waals surface area contributed by atoms with Gasteiger partial charge in [-0.15, -0.1) is 10.2 Å². The minimum Gasteiger partial charge on any atom is -0.360 e. The Kier molecular flexibility index (Phi) is 8.18. The van der Waals surface area contributed by atoms with Crippen LogP contribution in [0.15, 0.2) is 4.34 Å². The number of nitrogens with zero attached hydrogens (tertiary/aromatic N) is 2. The van der Waals surface area contributed by atoms with Crippen molar-refractivity contribution in [2.24, 2.45) is 11.8 Å². The first-order chi connectivity index (χ1) is 10.4. The minimum atomic E-state index is -0.462. The SMILES string of the molecule is CC(C)CNC(=O)NC(=O)CSc1nnc(NCC(C)C)s1. The van der Waals surface area contributed by atoms with Crippen LogP contribution in [0, 0.1) is 11.8 Å². The summed E-state index contributed by atoms with van der Waals surface area (Å²) in [7, 11) is 0. The Labute approximate surface area is 139 Å². The van der Waals surface area contributed by atoms with Crippen molar-refractivity contribution in [3.63, 3.8) is 0 Å². The number of carbonyl (C=O) groups is 2. The summed E-state index contributed by atoms with van der Waals surface area (Å²) in [5.74, 6) is 0.648. The first-order valence-corrected chi connectivity index (χ1v) is 8.95. The Morgan fingerprint density at radius 3 is 2.45 bits per heavy atom. The molecule has 0 fully saturated rings. The quantitative estimate of drug-likeness (QED) is 0.625. The van der Waals surface area contributed by atoms with Gasteiger partial charge in [0.25, 0.3) is 0 Å². The van der Waals surface area contributed by atoms with Gasteiger partial charge in [0, 0.05) is 13.1 Å². The van der Waals surface area contributed by atoms with Crippen LogP contribution in [0.3, 0.4) is 0 Å². The topological polar surface area (TPSA) is 96.0 Å². The molecule has 3 N–H and O–H groups in total. The van der Waals surface area contributed by atoms with E-state index >= 15 is 0 Å². The van der Waals surface area contributed by atoms with Gasteiger partial charge in [-0.1, -0.05) is 50.8 Å². The number of thioether (sulfide) groups is 1. The van der Waals surface area contributed by atoms with Gasteiger partial charge in [0.1, 0.15) is 0 Å². The lowest BCUT2D eigenvalue weighted by atomic mass is 10.2. The van der Waals surface area contributed by atoms with Crippen LogP contribution >= 0.6 is 23.1 Å². The van der Waals surface area contributed by atoms with E-state index in [9.17, 15) is 9.59 Å². The third-order valence-corrected chi connectivity index (χ3v) is 4.33. The lowest BCUT2D eigenvalue weighted by Gasteiger charge is -2.07. The monoisotopic (exact) mass is 345 g/mol. The number of hydrogen-bond acceptors (Lipinski definition) is 7. The first-order valence-electron chi connectivity index (χ1n) is 7.14. The lowest BCUT2D eigenvalue weighted by Crippen LogP contribution is -2.41. The minimum absolute atomic E-state index is 0.133. The molecule has 0 aliphatic carbocycles. The number of aromatic nitrogens is 2. The zero-order chi connectivity index (χ0) is 16.5. The maximum atomic E-state index is 11.6. The standard InChI is InChI=1S/C13H23N5O2S2/c1-8(2)5-14-11(20)16-10(19)7-21-13-18-17-12(22-13)15-6-9(3)4/h8-9H,5-7H2,1-4H3,(H,15,17)(H2,14,16,19,20). The second-order valence-electron chi connectivity index (χ2n) is 5.59. The van der Waals surface area contributed by atoms with Crippen molar-refractivity contribution in [2.75, 3.05) is 24.2 Å². The maximum absolute atomic E-state index is 11.6. The molecule has 1 heterocycles. The van der Waals surface area contributed by atoms with Crippen LogP contribution < -0.4 is 16.0 Å². The molecule has 0 saturated heterocycles. The van der Waals surface area contributed by atoms with Gasteiger partial charge in [-0.05, 0) is 11.8 Å². The van der Waals surface area contributed by atoms with Gasteiger partial charge in [-0.25, -0.2) is 4.79 Å². The van der Waals surface area contributed by atoms with Gasteiger partial charge >= 0.3 is 6.03 Å². The first kappa shape index (κ1) is 18.7. The molecule has 0 saturated carbocycles. The maximum Gasteiger partial charge on any atom is 0.321 e. The Balaban J connectivity index is 2.27. The molecular weight excluding hydrogens is 322 g/mol. The van der Waals surface area contributed by atoms with Gasteiger partial charge in [-0.3, -0.25) is 10.1 Å². The number of carbonyl (C=O) groups excluding carboxylic acids is 2. The number of rotatable bonds is 8. The van der Waals surface area contributed by atoms with Crippen LogP contribution in [0.25, 0.3) is 0 Å². The predicted octanol–water partition coefficient (Wildman–Crippen LogP) is 2.18. The third kappa shape index (κ3) is 8.18. The highest BCUT2D eigenvalue weighted by molar-refractivity contribution is 8.01. The van der Waals surface area contributed by atoms with Crippen LogP contribution in [0.4, 0.5) is 9.93 Å². The summed E-state index contributed by atoms with van der Waals surface area (Å²) in [6.45, 7) is 9.55. The molecule has 3 amide bonds. The number of hydrogen-bond donors (Lipinski definition) is 3. The molecule has 0 atom stereocenters. The number of anilines is 1. The Bertz CT molecular complexity index is 491. The Morgan fingerprint density at radius 1 is 1.14 bits per heavy atom. The molecule has 0 aromatic carbocycles. The average Bonchev–Trinajstić information content (AvgIpc) is 2.88. The molecule has 0 spiro atoms. The summed E-state index contributed by atoms with van der Waals surface area (Å²) in [4.78, 5) is 23.1. The van der Waals surface area contributed by atoms with Crippen molar-refractivity contribution < 1.29 is 9.59 Å². The summed E-state index contributed by atoms with van der Waals surface area (Å²) in [6.07, 6.45) is 0. The van der Waals surface area contributed by atoms with Crippen molar-refractivity contribution in [1.29, 1.82) is 0 Å². The molecule has 0 radical (unpaired) electrons. The zero-order valence-corrected chi connectivity index (χ0v) is 14.9. The highest BCUT2D eigenvalue weighted by Gasteiger charge is 2.11. The molecule has 0 aliphatic rings. The largest absolute Gasteiger partial charge is 0.360 e. The van der Waals surface area contributed by atoms with Crippen molar-refractivity contribution in [1.82, 2.24) is 20.8 Å². The summed E-state index contributed by atoms with van der Waals surface area (Å²) in [5, 5.41) is 16.8. The zero-order valence-electron chi connectivity index (χ0n) is 13.3. The summed E-state index contributed by atoms with van der Waals surface area (Å²) < 4.78 is 0.698. The number of amides is 3. The van der Waals surface area contributed by atoms with Crippen LogP contribution in [-0.2, 0) is 4.79 Å². The van der Waals surface area contributed by atoms with Crippen LogP contribution in [0.5, 0.6) is 0 Å². The van der Waals surface area contributed by atoms with Gasteiger partial charge in [0.05, 0.1) is 5.75 Å². The van der Waals surface area contributed by atoms with E-state index in [1.165, 1.54) is 23.1 Å². The molecule has 1 aromatic heterocycles. The fourth-order valence-corrected chi connectivity index (χ4v) is 2.82. The summed E-state index contributed by atoms with van der Waals surface area (Å²) in [6, 6.07) is -0.462. The second kappa shape index (κ2) is 9.62. The molecule has 0 bridgehead atoms. The van der Waals surface area contributed by atoms with Gasteiger partial charge in [-0.2, -0.15) is 0 Å². The molecule has 124 valence electrons. The van der Waals surface area contributed by atoms with E-state index in [2.05, 4.69) is 40.0 Å². The number of imide groups is 1. The predicted molar refractivity (Wildman–Crippen MR) is 90.3 cm³/mol. The molecular formula is C13H23N5O2S2.